The minimum absolute atomic E-state index is 0.705. The van der Waals surface area contributed by atoms with Crippen LogP contribution in [-0.2, 0) is 0 Å². The second-order valence-electron chi connectivity index (χ2n) is 5.39. The van der Waals surface area contributed by atoms with Crippen LogP contribution in [0.2, 0.25) is 5.02 Å². The molecule has 0 fully saturated rings. The van der Waals surface area contributed by atoms with Gasteiger partial charge in [0.15, 0.2) is 5.82 Å². The van der Waals surface area contributed by atoms with Crippen LogP contribution in [0.15, 0.2) is 84.0 Å². The van der Waals surface area contributed by atoms with E-state index in [9.17, 15) is 0 Å². The second kappa shape index (κ2) is 6.30. The zero-order valence-corrected chi connectivity index (χ0v) is 13.6. The minimum atomic E-state index is 0.705. The quantitative estimate of drug-likeness (QED) is 0.462. The third-order valence-electron chi connectivity index (χ3n) is 3.76. The Labute approximate surface area is 144 Å². The number of hydrogen-bond acceptors (Lipinski definition) is 2. The number of benzene rings is 2. The lowest BCUT2D eigenvalue weighted by Crippen LogP contribution is -1.84. The number of hydrogen-bond donors (Lipinski definition) is 0. The Kier molecular flexibility index (Phi) is 3.85. The summed E-state index contributed by atoms with van der Waals surface area (Å²) < 4.78 is 1.99. The first kappa shape index (κ1) is 14.7. The SMILES string of the molecule is Clc1ccc(-c2nc3ccccn3c2/N=C/c2ccccc2)cc1. The largest absolute Gasteiger partial charge is 0.284 e. The van der Waals surface area contributed by atoms with Crippen molar-refractivity contribution in [1.29, 1.82) is 0 Å². The van der Waals surface area contributed by atoms with Gasteiger partial charge < -0.3 is 0 Å². The van der Waals surface area contributed by atoms with Gasteiger partial charge in [-0.1, -0.05) is 60.1 Å². The first-order valence-corrected chi connectivity index (χ1v) is 8.01. The van der Waals surface area contributed by atoms with E-state index in [0.29, 0.717) is 5.02 Å². The molecule has 0 amide bonds. The molecule has 24 heavy (non-hydrogen) atoms. The Morgan fingerprint density at radius 3 is 2.42 bits per heavy atom. The van der Waals surface area contributed by atoms with Crippen molar-refractivity contribution in [3.63, 3.8) is 0 Å². The highest BCUT2D eigenvalue weighted by atomic mass is 35.5. The van der Waals surface area contributed by atoms with E-state index >= 15 is 0 Å². The summed E-state index contributed by atoms with van der Waals surface area (Å²) in [5, 5.41) is 0.705. The number of pyridine rings is 1. The highest BCUT2D eigenvalue weighted by Crippen LogP contribution is 2.31. The molecule has 0 N–H and O–H groups in total. The molecule has 0 atom stereocenters. The summed E-state index contributed by atoms with van der Waals surface area (Å²) in [7, 11) is 0. The molecular formula is C20H14ClN3. The molecule has 0 saturated heterocycles. The van der Waals surface area contributed by atoms with Crippen LogP contribution in [0.5, 0.6) is 0 Å². The highest BCUT2D eigenvalue weighted by molar-refractivity contribution is 6.30. The monoisotopic (exact) mass is 331 g/mol. The third-order valence-corrected chi connectivity index (χ3v) is 4.01. The van der Waals surface area contributed by atoms with Crippen LogP contribution in [0.25, 0.3) is 16.9 Å². The van der Waals surface area contributed by atoms with Gasteiger partial charge in [0.2, 0.25) is 0 Å². The van der Waals surface area contributed by atoms with Crippen molar-refractivity contribution in [2.45, 2.75) is 0 Å². The van der Waals surface area contributed by atoms with Crippen LogP contribution in [0.3, 0.4) is 0 Å². The highest BCUT2D eigenvalue weighted by Gasteiger charge is 2.12. The van der Waals surface area contributed by atoms with Crippen LogP contribution in [-0.4, -0.2) is 15.6 Å². The molecule has 0 aliphatic heterocycles. The smallest absolute Gasteiger partial charge is 0.165 e. The van der Waals surface area contributed by atoms with Gasteiger partial charge in [-0.2, -0.15) is 0 Å². The Morgan fingerprint density at radius 1 is 0.875 bits per heavy atom. The summed E-state index contributed by atoms with van der Waals surface area (Å²) in [5.41, 5.74) is 3.74. The molecule has 0 radical (unpaired) electrons. The molecule has 2 heterocycles. The zero-order chi connectivity index (χ0) is 16.4. The van der Waals surface area contributed by atoms with E-state index in [1.54, 1.807) is 0 Å². The van der Waals surface area contributed by atoms with Crippen LogP contribution < -0.4 is 0 Å². The van der Waals surface area contributed by atoms with Gasteiger partial charge in [-0.25, -0.2) is 9.98 Å². The van der Waals surface area contributed by atoms with Gasteiger partial charge in [-0.05, 0) is 29.8 Å². The minimum Gasteiger partial charge on any atom is -0.284 e. The lowest BCUT2D eigenvalue weighted by molar-refractivity contribution is 1.17. The molecule has 4 heteroatoms. The fourth-order valence-electron chi connectivity index (χ4n) is 2.58. The molecule has 2 aromatic heterocycles. The standard InChI is InChI=1S/C20H14ClN3/c21-17-11-9-16(10-12-17)19-20(22-14-15-6-2-1-3-7-15)24-13-5-4-8-18(24)23-19/h1-14H/b22-14+. The van der Waals surface area contributed by atoms with E-state index < -0.39 is 0 Å². The van der Waals surface area contributed by atoms with Gasteiger partial charge in [-0.3, -0.25) is 4.40 Å². The molecular weight excluding hydrogens is 318 g/mol. The number of aromatic nitrogens is 2. The normalized spacial score (nSPS) is 11.4. The zero-order valence-electron chi connectivity index (χ0n) is 12.8. The summed E-state index contributed by atoms with van der Waals surface area (Å²) in [6.45, 7) is 0. The maximum absolute atomic E-state index is 6.00. The lowest BCUT2D eigenvalue weighted by Gasteiger charge is -2.01. The molecule has 0 unspecified atom stereocenters. The Balaban J connectivity index is 1.87. The van der Waals surface area contributed by atoms with Crippen LogP contribution in [0, 0.1) is 0 Å². The van der Waals surface area contributed by atoms with Crippen molar-refractivity contribution in [1.82, 2.24) is 9.38 Å². The second-order valence-corrected chi connectivity index (χ2v) is 5.83. The predicted molar refractivity (Wildman–Crippen MR) is 99.3 cm³/mol. The number of halogens is 1. The molecule has 0 bridgehead atoms. The molecule has 4 aromatic rings. The van der Waals surface area contributed by atoms with E-state index in [2.05, 4.69) is 0 Å². The van der Waals surface area contributed by atoms with Crippen molar-refractivity contribution >= 4 is 29.3 Å². The Morgan fingerprint density at radius 2 is 1.62 bits per heavy atom. The third kappa shape index (κ3) is 2.82. The van der Waals surface area contributed by atoms with Gasteiger partial charge in [0, 0.05) is 23.0 Å². The van der Waals surface area contributed by atoms with Crippen molar-refractivity contribution < 1.29 is 0 Å². The van der Waals surface area contributed by atoms with E-state index in [1.165, 1.54) is 0 Å². The van der Waals surface area contributed by atoms with Gasteiger partial charge in [0.25, 0.3) is 0 Å². The number of rotatable bonds is 3. The van der Waals surface area contributed by atoms with E-state index in [4.69, 9.17) is 21.6 Å². The summed E-state index contributed by atoms with van der Waals surface area (Å²) in [6.07, 6.45) is 3.83. The maximum atomic E-state index is 6.00. The Bertz CT molecular complexity index is 1000. The van der Waals surface area contributed by atoms with Crippen molar-refractivity contribution in [3.8, 4) is 11.3 Å². The summed E-state index contributed by atoms with van der Waals surface area (Å²) in [4.78, 5) is 9.44. The molecule has 0 aliphatic rings. The number of imidazole rings is 1. The molecule has 0 saturated carbocycles. The van der Waals surface area contributed by atoms with E-state index in [1.807, 2.05) is 89.6 Å². The first-order valence-electron chi connectivity index (χ1n) is 7.63. The average molecular weight is 332 g/mol. The van der Waals surface area contributed by atoms with E-state index in [0.717, 1.165) is 28.3 Å². The maximum Gasteiger partial charge on any atom is 0.165 e. The number of aliphatic imine (C=N–C) groups is 1. The summed E-state index contributed by atoms with van der Waals surface area (Å²) in [5.74, 6) is 0.803. The molecule has 3 nitrogen and oxygen atoms in total. The van der Waals surface area contributed by atoms with Crippen LogP contribution in [0.4, 0.5) is 5.82 Å². The van der Waals surface area contributed by atoms with Crippen LogP contribution in [0.1, 0.15) is 5.56 Å². The summed E-state index contributed by atoms with van der Waals surface area (Å²) >= 11 is 6.00. The fraction of sp³-hybridized carbons (Fsp3) is 0. The van der Waals surface area contributed by atoms with Gasteiger partial charge in [-0.15, -0.1) is 0 Å². The molecule has 116 valence electrons. The van der Waals surface area contributed by atoms with Gasteiger partial charge >= 0.3 is 0 Å². The molecule has 2 aromatic carbocycles. The van der Waals surface area contributed by atoms with Crippen molar-refractivity contribution in [3.05, 3.63) is 89.6 Å². The average Bonchev–Trinajstić information content (AvgIpc) is 3.00. The van der Waals surface area contributed by atoms with E-state index in [-0.39, 0.29) is 0 Å². The molecule has 0 spiro atoms. The fourth-order valence-corrected chi connectivity index (χ4v) is 2.71. The predicted octanol–water partition coefficient (Wildman–Crippen LogP) is 5.41. The number of fused-ring (bicyclic) bond motifs is 1. The van der Waals surface area contributed by atoms with Gasteiger partial charge in [0.1, 0.15) is 11.3 Å². The summed E-state index contributed by atoms with van der Waals surface area (Å²) in [6, 6.07) is 23.6. The molecule has 0 aliphatic carbocycles. The van der Waals surface area contributed by atoms with Crippen LogP contribution >= 0.6 is 11.6 Å². The van der Waals surface area contributed by atoms with Crippen molar-refractivity contribution in [2.24, 2.45) is 4.99 Å². The number of nitrogens with zero attached hydrogens (tertiary/aromatic N) is 3. The first-order chi connectivity index (χ1) is 11.8. The lowest BCUT2D eigenvalue weighted by atomic mass is 10.1. The topological polar surface area (TPSA) is 29.7 Å². The van der Waals surface area contributed by atoms with Crippen molar-refractivity contribution in [2.75, 3.05) is 0 Å². The van der Waals surface area contributed by atoms with Gasteiger partial charge in [0.05, 0.1) is 0 Å². The molecule has 4 rings (SSSR count). The Hall–Kier alpha value is -2.91.